The van der Waals surface area contributed by atoms with E-state index in [4.69, 9.17) is 0 Å². The van der Waals surface area contributed by atoms with Crippen molar-refractivity contribution in [1.82, 2.24) is 4.98 Å². The first-order valence-corrected chi connectivity index (χ1v) is 4.60. The summed E-state index contributed by atoms with van der Waals surface area (Å²) in [6.45, 7) is 1.60. The molecule has 2 nitrogen and oxygen atoms in total. The number of aryl methyl sites for hydroxylation is 1. The van der Waals surface area contributed by atoms with E-state index in [1.54, 1.807) is 37.3 Å². The Morgan fingerprint density at radius 1 is 1.13 bits per heavy atom. The molecule has 0 aliphatic rings. The van der Waals surface area contributed by atoms with E-state index >= 15 is 0 Å². The molecule has 2 aromatic rings. The van der Waals surface area contributed by atoms with Crippen molar-refractivity contribution < 1.29 is 9.50 Å². The van der Waals surface area contributed by atoms with Gasteiger partial charge in [-0.15, -0.1) is 0 Å². The molecule has 1 N–H and O–H groups in total. The van der Waals surface area contributed by atoms with Gasteiger partial charge in [0, 0.05) is 5.56 Å². The molecule has 1 aromatic carbocycles. The molecule has 0 unspecified atom stereocenters. The maximum atomic E-state index is 13.0. The topological polar surface area (TPSA) is 33.1 Å². The van der Waals surface area contributed by atoms with E-state index in [0.717, 1.165) is 0 Å². The summed E-state index contributed by atoms with van der Waals surface area (Å²) in [6, 6.07) is 9.76. The van der Waals surface area contributed by atoms with Crippen LogP contribution in [0, 0.1) is 12.7 Å². The summed E-state index contributed by atoms with van der Waals surface area (Å²) in [5, 5.41) is 9.59. The molecule has 76 valence electrons. The lowest BCUT2D eigenvalue weighted by atomic mass is 10.1. The summed E-state index contributed by atoms with van der Waals surface area (Å²) < 4.78 is 13.0. The Labute approximate surface area is 87.0 Å². The van der Waals surface area contributed by atoms with Gasteiger partial charge in [-0.2, -0.15) is 0 Å². The molecule has 0 saturated carbocycles. The Hall–Kier alpha value is -1.90. The second-order valence-electron chi connectivity index (χ2n) is 3.28. The number of hydrogen-bond donors (Lipinski definition) is 1. The molecule has 0 atom stereocenters. The second-order valence-corrected chi connectivity index (χ2v) is 3.28. The molecule has 1 aromatic heterocycles. The zero-order valence-electron chi connectivity index (χ0n) is 8.24. The monoisotopic (exact) mass is 203 g/mol. The highest BCUT2D eigenvalue weighted by Gasteiger charge is 2.06. The number of aromatic hydroxyl groups is 1. The third-order valence-corrected chi connectivity index (χ3v) is 2.20. The van der Waals surface area contributed by atoms with E-state index in [1.165, 1.54) is 6.07 Å². The number of hydrogen-bond acceptors (Lipinski definition) is 2. The third kappa shape index (κ3) is 1.81. The van der Waals surface area contributed by atoms with Crippen LogP contribution in [0.4, 0.5) is 4.39 Å². The van der Waals surface area contributed by atoms with Gasteiger partial charge in [-0.3, -0.25) is 0 Å². The van der Waals surface area contributed by atoms with Crippen molar-refractivity contribution in [3.8, 4) is 17.0 Å². The number of benzene rings is 1. The van der Waals surface area contributed by atoms with Crippen LogP contribution in [0.15, 0.2) is 36.4 Å². The first-order valence-electron chi connectivity index (χ1n) is 4.60. The standard InChI is InChI=1S/C12H10FNO/c1-8-10(13)6-7-11(14-8)9-4-2-3-5-12(9)15/h2-7,15H,1H3. The van der Waals surface area contributed by atoms with Gasteiger partial charge in [-0.05, 0) is 31.2 Å². The minimum Gasteiger partial charge on any atom is -0.507 e. The van der Waals surface area contributed by atoms with Crippen LogP contribution in [0.25, 0.3) is 11.3 Å². The Morgan fingerprint density at radius 3 is 2.53 bits per heavy atom. The number of phenols is 1. The molecule has 0 radical (unpaired) electrons. The van der Waals surface area contributed by atoms with Gasteiger partial charge < -0.3 is 5.11 Å². The van der Waals surface area contributed by atoms with Gasteiger partial charge in [0.05, 0.1) is 11.4 Å². The molecule has 0 amide bonds. The highest BCUT2D eigenvalue weighted by atomic mass is 19.1. The van der Waals surface area contributed by atoms with Crippen LogP contribution < -0.4 is 0 Å². The van der Waals surface area contributed by atoms with E-state index in [9.17, 15) is 9.50 Å². The van der Waals surface area contributed by atoms with Gasteiger partial charge in [0.15, 0.2) is 0 Å². The zero-order valence-corrected chi connectivity index (χ0v) is 8.24. The predicted octanol–water partition coefficient (Wildman–Crippen LogP) is 2.90. The van der Waals surface area contributed by atoms with Crippen LogP contribution in [-0.2, 0) is 0 Å². The molecule has 0 bridgehead atoms. The van der Waals surface area contributed by atoms with Gasteiger partial charge >= 0.3 is 0 Å². The number of aromatic nitrogens is 1. The molecular weight excluding hydrogens is 193 g/mol. The van der Waals surface area contributed by atoms with E-state index in [-0.39, 0.29) is 11.6 Å². The van der Waals surface area contributed by atoms with Crippen molar-refractivity contribution in [3.05, 3.63) is 47.9 Å². The lowest BCUT2D eigenvalue weighted by Crippen LogP contribution is -1.90. The molecule has 0 spiro atoms. The molecule has 0 fully saturated rings. The fraction of sp³-hybridized carbons (Fsp3) is 0.0833. The Bertz CT molecular complexity index is 497. The zero-order chi connectivity index (χ0) is 10.8. The maximum Gasteiger partial charge on any atom is 0.144 e. The number of rotatable bonds is 1. The average Bonchev–Trinajstić information content (AvgIpc) is 2.23. The van der Waals surface area contributed by atoms with E-state index in [1.807, 2.05) is 0 Å². The highest BCUT2D eigenvalue weighted by molar-refractivity contribution is 5.66. The van der Waals surface area contributed by atoms with Crippen molar-refractivity contribution in [2.24, 2.45) is 0 Å². The number of pyridine rings is 1. The fourth-order valence-electron chi connectivity index (χ4n) is 1.38. The van der Waals surface area contributed by atoms with Crippen molar-refractivity contribution in [2.75, 3.05) is 0 Å². The first-order chi connectivity index (χ1) is 7.18. The summed E-state index contributed by atoms with van der Waals surface area (Å²) >= 11 is 0. The van der Waals surface area contributed by atoms with Crippen molar-refractivity contribution in [3.63, 3.8) is 0 Å². The Balaban J connectivity index is 2.55. The third-order valence-electron chi connectivity index (χ3n) is 2.20. The van der Waals surface area contributed by atoms with Gasteiger partial charge in [-0.1, -0.05) is 12.1 Å². The summed E-state index contributed by atoms with van der Waals surface area (Å²) in [6.07, 6.45) is 0. The van der Waals surface area contributed by atoms with Crippen LogP contribution in [0.2, 0.25) is 0 Å². The summed E-state index contributed by atoms with van der Waals surface area (Å²) in [7, 11) is 0. The normalized spacial score (nSPS) is 10.3. The molecule has 2 rings (SSSR count). The molecular formula is C12H10FNO. The maximum absolute atomic E-state index is 13.0. The molecule has 0 saturated heterocycles. The van der Waals surface area contributed by atoms with Crippen LogP contribution in [0.3, 0.4) is 0 Å². The van der Waals surface area contributed by atoms with Crippen molar-refractivity contribution >= 4 is 0 Å². The van der Waals surface area contributed by atoms with Crippen LogP contribution in [0.1, 0.15) is 5.69 Å². The number of halogens is 1. The summed E-state index contributed by atoms with van der Waals surface area (Å²) in [4.78, 5) is 4.07. The lowest BCUT2D eigenvalue weighted by molar-refractivity contribution is 0.477. The minimum absolute atomic E-state index is 0.149. The fourth-order valence-corrected chi connectivity index (χ4v) is 1.38. The number of phenolic OH excluding ortho intramolecular Hbond substituents is 1. The van der Waals surface area contributed by atoms with Crippen LogP contribution in [0.5, 0.6) is 5.75 Å². The highest BCUT2D eigenvalue weighted by Crippen LogP contribution is 2.27. The van der Waals surface area contributed by atoms with E-state index in [0.29, 0.717) is 17.0 Å². The lowest BCUT2D eigenvalue weighted by Gasteiger charge is -2.04. The number of nitrogens with zero attached hydrogens (tertiary/aromatic N) is 1. The quantitative estimate of drug-likeness (QED) is 0.773. The van der Waals surface area contributed by atoms with Gasteiger partial charge in [0.1, 0.15) is 11.6 Å². The Kier molecular flexibility index (Phi) is 2.37. The SMILES string of the molecule is Cc1nc(-c2ccccc2O)ccc1F. The van der Waals surface area contributed by atoms with Crippen molar-refractivity contribution in [1.29, 1.82) is 0 Å². The van der Waals surface area contributed by atoms with Gasteiger partial charge in [0.25, 0.3) is 0 Å². The van der Waals surface area contributed by atoms with Crippen molar-refractivity contribution in [2.45, 2.75) is 6.92 Å². The molecule has 1 heterocycles. The minimum atomic E-state index is -0.339. The predicted molar refractivity (Wildman–Crippen MR) is 56.0 cm³/mol. The molecule has 3 heteroatoms. The molecule has 0 aliphatic carbocycles. The first kappa shape index (κ1) is 9.65. The van der Waals surface area contributed by atoms with Crippen LogP contribution in [-0.4, -0.2) is 10.1 Å². The number of para-hydroxylation sites is 1. The largest absolute Gasteiger partial charge is 0.507 e. The van der Waals surface area contributed by atoms with Gasteiger partial charge in [0.2, 0.25) is 0 Å². The van der Waals surface area contributed by atoms with E-state index < -0.39 is 0 Å². The van der Waals surface area contributed by atoms with E-state index in [2.05, 4.69) is 4.98 Å². The smallest absolute Gasteiger partial charge is 0.144 e. The molecule has 0 aliphatic heterocycles. The molecule has 15 heavy (non-hydrogen) atoms. The summed E-state index contributed by atoms with van der Waals surface area (Å²) in [5.41, 5.74) is 1.52. The summed E-state index contributed by atoms with van der Waals surface area (Å²) in [5.74, 6) is -0.190. The van der Waals surface area contributed by atoms with Gasteiger partial charge in [-0.25, -0.2) is 9.37 Å². The Morgan fingerprint density at radius 2 is 1.87 bits per heavy atom. The second kappa shape index (κ2) is 3.69. The average molecular weight is 203 g/mol. The van der Waals surface area contributed by atoms with Crippen LogP contribution >= 0.6 is 0 Å².